The Morgan fingerprint density at radius 2 is 2.06 bits per heavy atom. The zero-order valence-electron chi connectivity index (χ0n) is 16.4. The lowest BCUT2D eigenvalue weighted by Crippen LogP contribution is -2.27. The number of hydrogen-bond acceptors (Lipinski definition) is 7. The van der Waals surface area contributed by atoms with Crippen molar-refractivity contribution in [3.63, 3.8) is 0 Å². The third kappa shape index (κ3) is 5.25. The van der Waals surface area contributed by atoms with Gasteiger partial charge in [-0.05, 0) is 63.7 Å². The van der Waals surface area contributed by atoms with Gasteiger partial charge in [0, 0.05) is 18.7 Å². The number of hydrogen-bond donors (Lipinski definition) is 0. The lowest BCUT2D eigenvalue weighted by Gasteiger charge is -2.14. The molecule has 160 valence electrons. The van der Waals surface area contributed by atoms with Crippen LogP contribution in [0.15, 0.2) is 54.0 Å². The number of nitro benzene ring substituents is 1. The number of amides is 2. The number of benzene rings is 2. The minimum absolute atomic E-state index is 0.0106. The number of carbonyl (C=O) groups excluding carboxylic acids is 2. The van der Waals surface area contributed by atoms with Gasteiger partial charge in [-0.2, -0.15) is 0 Å². The summed E-state index contributed by atoms with van der Waals surface area (Å²) in [5, 5.41) is 10.6. The molecule has 0 aromatic heterocycles. The van der Waals surface area contributed by atoms with Gasteiger partial charge in [-0.1, -0.05) is 18.2 Å². The van der Waals surface area contributed by atoms with Gasteiger partial charge in [-0.3, -0.25) is 24.6 Å². The number of non-ortho nitro benzene ring substituents is 1. The van der Waals surface area contributed by atoms with Crippen LogP contribution < -0.4 is 9.47 Å². The van der Waals surface area contributed by atoms with E-state index in [0.717, 1.165) is 20.2 Å². The van der Waals surface area contributed by atoms with Gasteiger partial charge in [0.05, 0.1) is 20.5 Å². The number of halogens is 1. The number of imide groups is 1. The van der Waals surface area contributed by atoms with Gasteiger partial charge in [0.25, 0.3) is 16.8 Å². The first-order chi connectivity index (χ1) is 14.8. The van der Waals surface area contributed by atoms with Crippen molar-refractivity contribution >= 4 is 57.3 Å². The summed E-state index contributed by atoms with van der Waals surface area (Å²) in [5.41, 5.74) is 1.31. The Morgan fingerprint density at radius 1 is 1.29 bits per heavy atom. The van der Waals surface area contributed by atoms with E-state index in [0.29, 0.717) is 27.5 Å². The molecule has 1 saturated heterocycles. The molecule has 0 atom stereocenters. The van der Waals surface area contributed by atoms with Crippen LogP contribution in [0.25, 0.3) is 6.08 Å². The first-order valence-electron chi connectivity index (χ1n) is 8.94. The smallest absolute Gasteiger partial charge is 0.293 e. The molecule has 1 fully saturated rings. The Kier molecular flexibility index (Phi) is 7.33. The van der Waals surface area contributed by atoms with E-state index in [4.69, 9.17) is 9.47 Å². The largest absolute Gasteiger partial charge is 0.493 e. The highest BCUT2D eigenvalue weighted by Crippen LogP contribution is 2.37. The lowest BCUT2D eigenvalue weighted by atomic mass is 10.1. The fourth-order valence-electron chi connectivity index (χ4n) is 2.82. The minimum Gasteiger partial charge on any atom is -0.493 e. The van der Waals surface area contributed by atoms with Gasteiger partial charge in [0.1, 0.15) is 6.61 Å². The third-order valence-corrected chi connectivity index (χ3v) is 5.95. The summed E-state index contributed by atoms with van der Waals surface area (Å²) in [6.07, 6.45) is 3.13. The van der Waals surface area contributed by atoms with Crippen LogP contribution in [0.5, 0.6) is 11.5 Å². The molecule has 1 aliphatic heterocycles. The molecule has 0 radical (unpaired) electrons. The summed E-state index contributed by atoms with van der Waals surface area (Å²) in [4.78, 5) is 36.3. The third-order valence-electron chi connectivity index (χ3n) is 4.24. The number of nitro groups is 1. The molecule has 0 bridgehead atoms. The molecule has 0 N–H and O–H groups in total. The second-order valence-electron chi connectivity index (χ2n) is 6.33. The second-order valence-corrected chi connectivity index (χ2v) is 8.49. The Balaban J connectivity index is 1.83. The zero-order valence-corrected chi connectivity index (χ0v) is 19.3. The van der Waals surface area contributed by atoms with Crippen LogP contribution in [0.1, 0.15) is 11.1 Å². The molecule has 0 saturated carbocycles. The van der Waals surface area contributed by atoms with E-state index >= 15 is 0 Å². The standard InChI is InChI=1S/C21H17IN2O6S/c1-3-7-23-20(25)18(31-21(23)26)11-14-9-16(22)19(17(10-14)29-2)30-12-13-5-4-6-15(8-13)24(27)28/h3-6,8-11H,1,7,12H2,2H3/b18-11+. The maximum atomic E-state index is 12.4. The molecule has 10 heteroatoms. The molecule has 8 nitrogen and oxygen atoms in total. The van der Waals surface area contributed by atoms with Crippen molar-refractivity contribution in [1.29, 1.82) is 0 Å². The number of thioether (sulfide) groups is 1. The van der Waals surface area contributed by atoms with Crippen LogP contribution in [0.2, 0.25) is 0 Å². The van der Waals surface area contributed by atoms with E-state index in [1.165, 1.54) is 25.3 Å². The van der Waals surface area contributed by atoms with Crippen molar-refractivity contribution < 1.29 is 24.0 Å². The van der Waals surface area contributed by atoms with Gasteiger partial charge in [-0.25, -0.2) is 0 Å². The van der Waals surface area contributed by atoms with E-state index in [9.17, 15) is 19.7 Å². The van der Waals surface area contributed by atoms with Crippen molar-refractivity contribution in [2.45, 2.75) is 6.61 Å². The first-order valence-corrected chi connectivity index (χ1v) is 10.8. The molecule has 31 heavy (non-hydrogen) atoms. The molecule has 2 aromatic carbocycles. The van der Waals surface area contributed by atoms with Crippen LogP contribution >= 0.6 is 34.4 Å². The number of methoxy groups -OCH3 is 1. The maximum absolute atomic E-state index is 12.4. The van der Waals surface area contributed by atoms with Gasteiger partial charge in [0.15, 0.2) is 11.5 Å². The van der Waals surface area contributed by atoms with E-state index in [2.05, 4.69) is 29.2 Å². The predicted octanol–water partition coefficient (Wildman–Crippen LogP) is 5.01. The van der Waals surface area contributed by atoms with E-state index in [1.807, 2.05) is 0 Å². The maximum Gasteiger partial charge on any atom is 0.293 e. The topological polar surface area (TPSA) is 99.0 Å². The van der Waals surface area contributed by atoms with Crippen molar-refractivity contribution in [3.05, 3.63) is 78.8 Å². The Hall–Kier alpha value is -2.86. The number of rotatable bonds is 8. The fourth-order valence-corrected chi connectivity index (χ4v) is 4.45. The van der Waals surface area contributed by atoms with Crippen molar-refractivity contribution in [1.82, 2.24) is 4.90 Å². The van der Waals surface area contributed by atoms with Crippen molar-refractivity contribution in [3.8, 4) is 11.5 Å². The Bertz CT molecular complexity index is 1100. The molecule has 3 rings (SSSR count). The van der Waals surface area contributed by atoms with Crippen LogP contribution in [0, 0.1) is 13.7 Å². The molecule has 0 spiro atoms. The summed E-state index contributed by atoms with van der Waals surface area (Å²) in [6.45, 7) is 3.84. The summed E-state index contributed by atoms with van der Waals surface area (Å²) in [6, 6.07) is 9.70. The van der Waals surface area contributed by atoms with Gasteiger partial charge >= 0.3 is 0 Å². The lowest BCUT2D eigenvalue weighted by molar-refractivity contribution is -0.384. The molecule has 1 aliphatic rings. The summed E-state index contributed by atoms with van der Waals surface area (Å²) in [5.74, 6) is 0.551. The average molecular weight is 552 g/mol. The number of ether oxygens (including phenoxy) is 2. The Labute approximate surface area is 196 Å². The van der Waals surface area contributed by atoms with Crippen LogP contribution in [-0.2, 0) is 11.4 Å². The van der Waals surface area contributed by atoms with Crippen LogP contribution in [-0.4, -0.2) is 34.6 Å². The van der Waals surface area contributed by atoms with Gasteiger partial charge in [0.2, 0.25) is 0 Å². The highest BCUT2D eigenvalue weighted by atomic mass is 127. The summed E-state index contributed by atoms with van der Waals surface area (Å²) >= 11 is 2.96. The van der Waals surface area contributed by atoms with Gasteiger partial charge in [-0.15, -0.1) is 6.58 Å². The van der Waals surface area contributed by atoms with E-state index < -0.39 is 4.92 Å². The molecule has 2 amide bonds. The van der Waals surface area contributed by atoms with Crippen LogP contribution in [0.4, 0.5) is 10.5 Å². The summed E-state index contributed by atoms with van der Waals surface area (Å²) in [7, 11) is 1.49. The highest BCUT2D eigenvalue weighted by molar-refractivity contribution is 14.1. The highest BCUT2D eigenvalue weighted by Gasteiger charge is 2.34. The number of carbonyl (C=O) groups is 2. The SMILES string of the molecule is C=CCN1C(=O)S/C(=C/c2cc(I)c(OCc3cccc([N+](=O)[O-])c3)c(OC)c2)C1=O. The molecule has 1 heterocycles. The van der Waals surface area contributed by atoms with E-state index in [-0.39, 0.29) is 30.0 Å². The molecule has 2 aromatic rings. The normalized spacial score (nSPS) is 14.8. The van der Waals surface area contributed by atoms with Crippen molar-refractivity contribution in [2.75, 3.05) is 13.7 Å². The zero-order chi connectivity index (χ0) is 22.5. The predicted molar refractivity (Wildman–Crippen MR) is 126 cm³/mol. The molecule has 0 aliphatic carbocycles. The van der Waals surface area contributed by atoms with Crippen molar-refractivity contribution in [2.24, 2.45) is 0 Å². The molecular formula is C21H17IN2O6S. The quantitative estimate of drug-likeness (QED) is 0.149. The minimum atomic E-state index is -0.459. The average Bonchev–Trinajstić information content (AvgIpc) is 3.00. The second kappa shape index (κ2) is 9.96. The van der Waals surface area contributed by atoms with Gasteiger partial charge < -0.3 is 9.47 Å². The fraction of sp³-hybridized carbons (Fsp3) is 0.143. The molecular weight excluding hydrogens is 535 g/mol. The summed E-state index contributed by atoms with van der Waals surface area (Å²) < 4.78 is 12.0. The number of nitrogens with zero attached hydrogens (tertiary/aromatic N) is 2. The van der Waals surface area contributed by atoms with E-state index in [1.54, 1.807) is 30.3 Å². The monoisotopic (exact) mass is 552 g/mol. The van der Waals surface area contributed by atoms with Crippen LogP contribution in [0.3, 0.4) is 0 Å². The molecule has 0 unspecified atom stereocenters. The Morgan fingerprint density at radius 3 is 2.74 bits per heavy atom. The first kappa shape index (κ1) is 22.8.